The zero-order valence-electron chi connectivity index (χ0n) is 16.3. The van der Waals surface area contributed by atoms with Crippen molar-refractivity contribution >= 4 is 26.7 Å². The van der Waals surface area contributed by atoms with Gasteiger partial charge in [0.25, 0.3) is 0 Å². The zero-order valence-corrected chi connectivity index (χ0v) is 17.1. The van der Waals surface area contributed by atoms with E-state index in [1.807, 2.05) is 47.0 Å². The van der Waals surface area contributed by atoms with E-state index >= 15 is 0 Å². The maximum atomic E-state index is 12.5. The van der Waals surface area contributed by atoms with Gasteiger partial charge in [0.05, 0.1) is 10.4 Å². The molecule has 29 heavy (non-hydrogen) atoms. The second-order valence-corrected chi connectivity index (χ2v) is 9.61. The summed E-state index contributed by atoms with van der Waals surface area (Å²) in [6.07, 6.45) is 1.86. The van der Waals surface area contributed by atoms with E-state index in [4.69, 9.17) is 4.74 Å². The van der Waals surface area contributed by atoms with E-state index in [2.05, 4.69) is 0 Å². The SMILES string of the molecule is CC(C(=O)[O-])C1CCn2c1cc1c(S(C)(=O)=O)cc(OCc3ccccc3)cc12. The number of fused-ring (bicyclic) bond motifs is 3. The minimum Gasteiger partial charge on any atom is -0.550 e. The molecular formula is C22H22NO5S-. The normalized spacial score (nSPS) is 17.2. The molecule has 0 amide bonds. The Balaban J connectivity index is 1.79. The lowest BCUT2D eigenvalue weighted by atomic mass is 9.90. The average Bonchev–Trinajstić information content (AvgIpc) is 3.24. The van der Waals surface area contributed by atoms with Crippen LogP contribution in [0.1, 0.15) is 30.5 Å². The molecule has 2 heterocycles. The van der Waals surface area contributed by atoms with Gasteiger partial charge in [0, 0.05) is 47.8 Å². The maximum Gasteiger partial charge on any atom is 0.176 e. The highest BCUT2D eigenvalue weighted by Gasteiger charge is 2.31. The van der Waals surface area contributed by atoms with Crippen LogP contribution in [-0.2, 0) is 27.8 Å². The van der Waals surface area contributed by atoms with Crippen LogP contribution in [0.5, 0.6) is 5.75 Å². The van der Waals surface area contributed by atoms with Gasteiger partial charge in [-0.1, -0.05) is 37.3 Å². The summed E-state index contributed by atoms with van der Waals surface area (Å²) in [7, 11) is -3.50. The molecule has 1 aliphatic heterocycles. The number of hydrogen-bond acceptors (Lipinski definition) is 5. The van der Waals surface area contributed by atoms with Crippen LogP contribution in [0.25, 0.3) is 10.9 Å². The number of sulfone groups is 1. The summed E-state index contributed by atoms with van der Waals surface area (Å²) < 4.78 is 32.8. The molecule has 3 aromatic rings. The minimum absolute atomic E-state index is 0.194. The molecule has 0 bridgehead atoms. The van der Waals surface area contributed by atoms with E-state index in [9.17, 15) is 18.3 Å². The highest BCUT2D eigenvalue weighted by molar-refractivity contribution is 7.91. The predicted molar refractivity (Wildman–Crippen MR) is 107 cm³/mol. The summed E-state index contributed by atoms with van der Waals surface area (Å²) in [4.78, 5) is 11.6. The van der Waals surface area contributed by atoms with E-state index in [1.165, 1.54) is 6.26 Å². The topological polar surface area (TPSA) is 88.4 Å². The number of hydrogen-bond donors (Lipinski definition) is 0. The van der Waals surface area contributed by atoms with Crippen molar-refractivity contribution in [2.75, 3.05) is 6.26 Å². The Bertz CT molecular complexity index is 1180. The summed E-state index contributed by atoms with van der Waals surface area (Å²) in [5, 5.41) is 12.0. The van der Waals surface area contributed by atoms with E-state index in [0.29, 0.717) is 30.7 Å². The number of aromatic nitrogens is 1. The van der Waals surface area contributed by atoms with Crippen molar-refractivity contribution in [3.63, 3.8) is 0 Å². The molecule has 0 aliphatic carbocycles. The third-order valence-corrected chi connectivity index (χ3v) is 6.79. The molecule has 0 spiro atoms. The molecule has 6 nitrogen and oxygen atoms in total. The molecule has 2 aromatic carbocycles. The first-order chi connectivity index (χ1) is 13.8. The number of rotatable bonds is 6. The molecule has 1 aliphatic rings. The Labute approximate surface area is 169 Å². The quantitative estimate of drug-likeness (QED) is 0.621. The fourth-order valence-electron chi connectivity index (χ4n) is 4.09. The van der Waals surface area contributed by atoms with Crippen LogP contribution < -0.4 is 9.84 Å². The van der Waals surface area contributed by atoms with Crippen molar-refractivity contribution in [3.8, 4) is 5.75 Å². The largest absolute Gasteiger partial charge is 0.550 e. The number of carboxylic acids is 1. The summed E-state index contributed by atoms with van der Waals surface area (Å²) >= 11 is 0. The summed E-state index contributed by atoms with van der Waals surface area (Å²) in [6, 6.07) is 14.8. The van der Waals surface area contributed by atoms with Gasteiger partial charge in [-0.2, -0.15) is 0 Å². The van der Waals surface area contributed by atoms with Crippen LogP contribution in [0.4, 0.5) is 0 Å². The van der Waals surface area contributed by atoms with E-state index in [-0.39, 0.29) is 10.8 Å². The monoisotopic (exact) mass is 412 g/mol. The van der Waals surface area contributed by atoms with Gasteiger partial charge in [-0.05, 0) is 24.1 Å². The number of benzene rings is 2. The van der Waals surface area contributed by atoms with Crippen LogP contribution in [0.2, 0.25) is 0 Å². The number of nitrogens with zero attached hydrogens (tertiary/aromatic N) is 1. The summed E-state index contributed by atoms with van der Waals surface area (Å²) in [5.74, 6) is -1.47. The fourth-order valence-corrected chi connectivity index (χ4v) is 4.99. The number of carbonyl (C=O) groups excluding carboxylic acids is 1. The Hall–Kier alpha value is -2.80. The van der Waals surface area contributed by atoms with Gasteiger partial charge < -0.3 is 19.2 Å². The van der Waals surface area contributed by atoms with E-state index in [0.717, 1.165) is 16.8 Å². The minimum atomic E-state index is -3.50. The Kier molecular flexibility index (Phi) is 4.86. The second kappa shape index (κ2) is 7.22. The van der Waals surface area contributed by atoms with Gasteiger partial charge in [-0.3, -0.25) is 0 Å². The lowest BCUT2D eigenvalue weighted by Crippen LogP contribution is -2.32. The first-order valence-electron chi connectivity index (χ1n) is 9.50. The number of carboxylic acid groups (broad SMARTS) is 1. The Morgan fingerprint density at radius 2 is 1.97 bits per heavy atom. The number of aliphatic carboxylic acids is 1. The molecule has 0 saturated carbocycles. The van der Waals surface area contributed by atoms with Crippen molar-refractivity contribution in [2.45, 2.75) is 37.3 Å². The molecule has 152 valence electrons. The maximum absolute atomic E-state index is 12.5. The predicted octanol–water partition coefficient (Wildman–Crippen LogP) is 2.50. The second-order valence-electron chi connectivity index (χ2n) is 7.62. The third kappa shape index (κ3) is 3.62. The van der Waals surface area contributed by atoms with Crippen molar-refractivity contribution in [1.29, 1.82) is 0 Å². The van der Waals surface area contributed by atoms with E-state index in [1.54, 1.807) is 13.0 Å². The van der Waals surface area contributed by atoms with Crippen LogP contribution >= 0.6 is 0 Å². The van der Waals surface area contributed by atoms with Crippen LogP contribution in [0, 0.1) is 5.92 Å². The van der Waals surface area contributed by atoms with Gasteiger partial charge in [-0.25, -0.2) is 8.42 Å². The molecule has 7 heteroatoms. The molecule has 0 saturated heterocycles. The van der Waals surface area contributed by atoms with Crippen molar-refractivity contribution in [3.05, 3.63) is 59.8 Å². The molecule has 2 atom stereocenters. The lowest BCUT2D eigenvalue weighted by Gasteiger charge is -2.19. The van der Waals surface area contributed by atoms with Crippen LogP contribution in [0.3, 0.4) is 0 Å². The summed E-state index contributed by atoms with van der Waals surface area (Å²) in [6.45, 7) is 2.60. The fraction of sp³-hybridized carbons (Fsp3) is 0.318. The molecule has 0 radical (unpaired) electrons. The highest BCUT2D eigenvalue weighted by Crippen LogP contribution is 2.41. The van der Waals surface area contributed by atoms with E-state index < -0.39 is 21.7 Å². The van der Waals surface area contributed by atoms with Crippen LogP contribution in [0.15, 0.2) is 53.4 Å². The Morgan fingerprint density at radius 3 is 2.62 bits per heavy atom. The number of carbonyl (C=O) groups is 1. The van der Waals surface area contributed by atoms with Gasteiger partial charge in [0.15, 0.2) is 9.84 Å². The number of aryl methyl sites for hydroxylation is 1. The smallest absolute Gasteiger partial charge is 0.176 e. The van der Waals surface area contributed by atoms with Gasteiger partial charge >= 0.3 is 0 Å². The molecular weight excluding hydrogens is 390 g/mol. The van der Waals surface area contributed by atoms with Crippen molar-refractivity contribution < 1.29 is 23.1 Å². The summed E-state index contributed by atoms with van der Waals surface area (Å²) in [5.41, 5.74) is 2.57. The number of ether oxygens (including phenoxy) is 1. The molecule has 1 aromatic heterocycles. The highest BCUT2D eigenvalue weighted by atomic mass is 32.2. The average molecular weight is 412 g/mol. The molecule has 2 unspecified atom stereocenters. The third-order valence-electron chi connectivity index (χ3n) is 5.66. The van der Waals surface area contributed by atoms with Gasteiger partial charge in [0.1, 0.15) is 12.4 Å². The molecule has 0 fully saturated rings. The van der Waals surface area contributed by atoms with Crippen molar-refractivity contribution in [2.24, 2.45) is 5.92 Å². The van der Waals surface area contributed by atoms with Crippen molar-refractivity contribution in [1.82, 2.24) is 4.57 Å². The zero-order chi connectivity index (χ0) is 20.8. The first-order valence-corrected chi connectivity index (χ1v) is 11.4. The lowest BCUT2D eigenvalue weighted by molar-refractivity contribution is -0.311. The standard InChI is InChI=1S/C22H23NO5S/c1-14(22(24)25)17-8-9-23-19-10-16(28-13-15-6-4-3-5-7-15)11-21(29(2,26)27)18(19)12-20(17)23/h3-7,10-12,14,17H,8-9,13H2,1-2H3,(H,24,25)/p-1. The Morgan fingerprint density at radius 1 is 1.24 bits per heavy atom. The van der Waals surface area contributed by atoms with Crippen LogP contribution in [-0.4, -0.2) is 25.2 Å². The van der Waals surface area contributed by atoms with Gasteiger partial charge in [-0.15, -0.1) is 0 Å². The molecule has 0 N–H and O–H groups in total. The molecule has 4 rings (SSSR count). The van der Waals surface area contributed by atoms with Gasteiger partial charge in [0.2, 0.25) is 0 Å². The first kappa shape index (κ1) is 19.5.